The molecule has 1 aromatic carbocycles. The van der Waals surface area contributed by atoms with Crippen molar-refractivity contribution in [2.75, 3.05) is 6.61 Å². The number of nitrogens with two attached hydrogens (primary N) is 1. The first-order valence-electron chi connectivity index (χ1n) is 5.64. The molecule has 8 nitrogen and oxygen atoms in total. The number of ether oxygens (including phenoxy) is 2. The molecule has 0 unspecified atom stereocenters. The van der Waals surface area contributed by atoms with Crippen molar-refractivity contribution in [3.8, 4) is 11.5 Å². The SMILES string of the molecule is CCOC(=O)N(N)C(=O)c1ccc(OC(C)=O)cc1O. The number of rotatable bonds is 3. The number of phenols is 1. The lowest BCUT2D eigenvalue weighted by Crippen LogP contribution is -2.42. The molecule has 0 aromatic heterocycles. The summed E-state index contributed by atoms with van der Waals surface area (Å²) in [5.74, 6) is 3.34. The first-order valence-corrected chi connectivity index (χ1v) is 5.64. The molecule has 0 saturated carbocycles. The van der Waals surface area contributed by atoms with Crippen LogP contribution in [0.3, 0.4) is 0 Å². The zero-order valence-electron chi connectivity index (χ0n) is 11.0. The topological polar surface area (TPSA) is 119 Å². The van der Waals surface area contributed by atoms with Crippen molar-refractivity contribution < 1.29 is 29.0 Å². The molecule has 108 valence electrons. The zero-order valence-corrected chi connectivity index (χ0v) is 11.0. The number of phenolic OH excluding ortho intramolecular Hbond substituents is 1. The van der Waals surface area contributed by atoms with Crippen molar-refractivity contribution in [1.82, 2.24) is 5.01 Å². The van der Waals surface area contributed by atoms with Gasteiger partial charge in [-0.05, 0) is 19.1 Å². The minimum atomic E-state index is -1.04. The van der Waals surface area contributed by atoms with Crippen molar-refractivity contribution in [2.45, 2.75) is 13.8 Å². The summed E-state index contributed by atoms with van der Waals surface area (Å²) in [5.41, 5.74) is -0.226. The summed E-state index contributed by atoms with van der Waals surface area (Å²) in [6.45, 7) is 2.80. The maximum absolute atomic E-state index is 11.8. The Balaban J connectivity index is 2.94. The molecule has 0 aliphatic rings. The third-order valence-corrected chi connectivity index (χ3v) is 2.14. The van der Waals surface area contributed by atoms with Gasteiger partial charge >= 0.3 is 12.1 Å². The second kappa shape index (κ2) is 6.53. The van der Waals surface area contributed by atoms with Crippen LogP contribution < -0.4 is 10.6 Å². The van der Waals surface area contributed by atoms with Gasteiger partial charge in [0.25, 0.3) is 5.91 Å². The van der Waals surface area contributed by atoms with Crippen LogP contribution in [0.5, 0.6) is 11.5 Å². The van der Waals surface area contributed by atoms with Gasteiger partial charge in [-0.1, -0.05) is 0 Å². The Morgan fingerprint density at radius 3 is 2.50 bits per heavy atom. The highest BCUT2D eigenvalue weighted by Crippen LogP contribution is 2.24. The standard InChI is InChI=1S/C12H14N2O6/c1-3-19-12(18)14(13)11(17)9-5-4-8(6-10(9)16)20-7(2)15/h4-6,16H,3,13H2,1-2H3. The fourth-order valence-electron chi connectivity index (χ4n) is 1.33. The van der Waals surface area contributed by atoms with Crippen LogP contribution in [0.4, 0.5) is 4.79 Å². The summed E-state index contributed by atoms with van der Waals surface area (Å²) in [6.07, 6.45) is -1.04. The van der Waals surface area contributed by atoms with Crippen LogP contribution in [-0.4, -0.2) is 34.7 Å². The van der Waals surface area contributed by atoms with Crippen LogP contribution in [0.25, 0.3) is 0 Å². The Morgan fingerprint density at radius 1 is 1.35 bits per heavy atom. The lowest BCUT2D eigenvalue weighted by Gasteiger charge is -2.15. The first kappa shape index (κ1) is 15.4. The van der Waals surface area contributed by atoms with Crippen molar-refractivity contribution in [3.05, 3.63) is 23.8 Å². The fraction of sp³-hybridized carbons (Fsp3) is 0.250. The molecule has 0 fully saturated rings. The van der Waals surface area contributed by atoms with E-state index >= 15 is 0 Å². The number of imide groups is 1. The van der Waals surface area contributed by atoms with Gasteiger partial charge in [0.15, 0.2) is 0 Å². The second-order valence-corrected chi connectivity index (χ2v) is 3.65. The number of amides is 2. The van der Waals surface area contributed by atoms with E-state index in [2.05, 4.69) is 4.74 Å². The fourth-order valence-corrected chi connectivity index (χ4v) is 1.33. The summed E-state index contributed by atoms with van der Waals surface area (Å²) < 4.78 is 9.28. The van der Waals surface area contributed by atoms with Crippen molar-refractivity contribution in [1.29, 1.82) is 0 Å². The third-order valence-electron chi connectivity index (χ3n) is 2.14. The average Bonchev–Trinajstić information content (AvgIpc) is 2.36. The Morgan fingerprint density at radius 2 is 2.00 bits per heavy atom. The number of hydrogen-bond acceptors (Lipinski definition) is 7. The molecule has 0 spiro atoms. The van der Waals surface area contributed by atoms with Gasteiger partial charge in [-0.25, -0.2) is 10.6 Å². The van der Waals surface area contributed by atoms with E-state index in [-0.39, 0.29) is 22.9 Å². The highest BCUT2D eigenvalue weighted by Gasteiger charge is 2.23. The summed E-state index contributed by atoms with van der Waals surface area (Å²) in [5, 5.41) is 9.93. The number of esters is 1. The van der Waals surface area contributed by atoms with Gasteiger partial charge in [0.2, 0.25) is 0 Å². The molecule has 8 heteroatoms. The molecule has 0 heterocycles. The maximum Gasteiger partial charge on any atom is 0.431 e. The van der Waals surface area contributed by atoms with E-state index in [1.165, 1.54) is 19.1 Å². The molecule has 1 aromatic rings. The third kappa shape index (κ3) is 3.69. The van der Waals surface area contributed by atoms with Crippen LogP contribution in [-0.2, 0) is 9.53 Å². The van der Waals surface area contributed by atoms with Crippen LogP contribution in [0, 0.1) is 0 Å². The molecule has 0 saturated heterocycles. The molecular weight excluding hydrogens is 268 g/mol. The van der Waals surface area contributed by atoms with Crippen LogP contribution in [0.2, 0.25) is 0 Å². The molecular formula is C12H14N2O6. The Bertz CT molecular complexity index is 543. The minimum absolute atomic E-state index is 0.0528. The average molecular weight is 282 g/mol. The molecule has 0 aliphatic carbocycles. The Kier molecular flexibility index (Phi) is 5.04. The van der Waals surface area contributed by atoms with E-state index in [0.717, 1.165) is 6.07 Å². The molecule has 2 amide bonds. The normalized spacial score (nSPS) is 9.75. The number of hydrazine groups is 1. The van der Waals surface area contributed by atoms with Gasteiger partial charge < -0.3 is 14.6 Å². The summed E-state index contributed by atoms with van der Waals surface area (Å²) in [4.78, 5) is 33.9. The number of benzene rings is 1. The molecule has 0 atom stereocenters. The van der Waals surface area contributed by atoms with E-state index < -0.39 is 23.7 Å². The van der Waals surface area contributed by atoms with Gasteiger partial charge in [-0.3, -0.25) is 9.59 Å². The van der Waals surface area contributed by atoms with E-state index in [1.54, 1.807) is 6.92 Å². The van der Waals surface area contributed by atoms with Crippen molar-refractivity contribution in [2.24, 2.45) is 5.84 Å². The Hall–Kier alpha value is -2.61. The van der Waals surface area contributed by atoms with Crippen molar-refractivity contribution in [3.63, 3.8) is 0 Å². The van der Waals surface area contributed by atoms with E-state index in [0.29, 0.717) is 0 Å². The van der Waals surface area contributed by atoms with Crippen LogP contribution >= 0.6 is 0 Å². The monoisotopic (exact) mass is 282 g/mol. The van der Waals surface area contributed by atoms with Gasteiger partial charge in [-0.2, -0.15) is 5.01 Å². The van der Waals surface area contributed by atoms with Gasteiger partial charge in [0.05, 0.1) is 12.2 Å². The summed E-state index contributed by atoms with van der Waals surface area (Å²) >= 11 is 0. The van der Waals surface area contributed by atoms with Gasteiger partial charge in [0, 0.05) is 13.0 Å². The Labute approximate surface area is 114 Å². The lowest BCUT2D eigenvalue weighted by molar-refractivity contribution is -0.131. The van der Waals surface area contributed by atoms with Crippen LogP contribution in [0.1, 0.15) is 24.2 Å². The molecule has 0 radical (unpaired) electrons. The highest BCUT2D eigenvalue weighted by atomic mass is 16.6. The van der Waals surface area contributed by atoms with Gasteiger partial charge in [-0.15, -0.1) is 0 Å². The van der Waals surface area contributed by atoms with E-state index in [1.807, 2.05) is 0 Å². The molecule has 1 rings (SSSR count). The molecule has 0 aliphatic heterocycles. The smallest absolute Gasteiger partial charge is 0.431 e. The van der Waals surface area contributed by atoms with Gasteiger partial charge in [0.1, 0.15) is 11.5 Å². The van der Waals surface area contributed by atoms with Crippen molar-refractivity contribution >= 4 is 18.0 Å². The number of carbonyl (C=O) groups excluding carboxylic acids is 3. The first-order chi connectivity index (χ1) is 9.36. The molecule has 0 bridgehead atoms. The number of carbonyl (C=O) groups is 3. The predicted molar refractivity (Wildman–Crippen MR) is 66.8 cm³/mol. The van der Waals surface area contributed by atoms with Crippen LogP contribution in [0.15, 0.2) is 18.2 Å². The number of hydrogen-bond donors (Lipinski definition) is 2. The van der Waals surface area contributed by atoms with E-state index in [4.69, 9.17) is 10.6 Å². The zero-order chi connectivity index (χ0) is 15.3. The second-order valence-electron chi connectivity index (χ2n) is 3.65. The summed E-state index contributed by atoms with van der Waals surface area (Å²) in [7, 11) is 0. The molecule has 20 heavy (non-hydrogen) atoms. The molecule has 3 N–H and O–H groups in total. The number of aromatic hydroxyl groups is 1. The minimum Gasteiger partial charge on any atom is -0.507 e. The maximum atomic E-state index is 11.8. The lowest BCUT2D eigenvalue weighted by atomic mass is 10.2. The number of nitrogens with zero attached hydrogens (tertiary/aromatic N) is 1. The summed E-state index contributed by atoms with van der Waals surface area (Å²) in [6, 6.07) is 3.52. The highest BCUT2D eigenvalue weighted by molar-refractivity contribution is 6.04. The largest absolute Gasteiger partial charge is 0.507 e. The quantitative estimate of drug-likeness (QED) is 0.276. The van der Waals surface area contributed by atoms with E-state index in [9.17, 15) is 19.5 Å². The predicted octanol–water partition coefficient (Wildman–Crippen LogP) is 0.790.